The Morgan fingerprint density at radius 1 is 0.614 bits per heavy atom. The Hall–Kier alpha value is -3.75. The fourth-order valence-corrected chi connectivity index (χ4v) is 5.93. The van der Waals surface area contributed by atoms with Gasteiger partial charge in [-0.3, -0.25) is 4.90 Å². The van der Waals surface area contributed by atoms with Gasteiger partial charge in [-0.1, -0.05) is 97.1 Å². The van der Waals surface area contributed by atoms with E-state index in [9.17, 15) is 0 Å². The molecule has 44 heavy (non-hydrogen) atoms. The Labute approximate surface area is 259 Å². The van der Waals surface area contributed by atoms with Gasteiger partial charge in [-0.2, -0.15) is 0 Å². The summed E-state index contributed by atoms with van der Waals surface area (Å²) in [5, 5.41) is 0. The first-order chi connectivity index (χ1) is 21.8. The SMILES string of the molecule is FCC1C(OCc2ccccc2)C(OCc2ccccc2)C(OCc2ccccc2)CN1CCc1ccc2c(c1)OCCO2. The number of hydrogen-bond donors (Lipinski definition) is 0. The maximum absolute atomic E-state index is 15.1. The molecule has 0 saturated carbocycles. The molecule has 6 nitrogen and oxygen atoms in total. The third-order valence-corrected chi connectivity index (χ3v) is 8.28. The van der Waals surface area contributed by atoms with E-state index in [1.165, 1.54) is 0 Å². The third kappa shape index (κ3) is 7.85. The van der Waals surface area contributed by atoms with E-state index in [4.69, 9.17) is 23.7 Å². The van der Waals surface area contributed by atoms with Crippen molar-refractivity contribution in [2.45, 2.75) is 50.6 Å². The maximum atomic E-state index is 15.1. The molecule has 1 saturated heterocycles. The highest BCUT2D eigenvalue weighted by Gasteiger charge is 2.46. The van der Waals surface area contributed by atoms with E-state index in [1.807, 2.05) is 91.0 Å². The summed E-state index contributed by atoms with van der Waals surface area (Å²) in [5.41, 5.74) is 4.26. The average Bonchev–Trinajstić information content (AvgIpc) is 3.09. The molecule has 4 atom stereocenters. The van der Waals surface area contributed by atoms with Crippen molar-refractivity contribution in [3.63, 3.8) is 0 Å². The first kappa shape index (κ1) is 30.3. The number of rotatable bonds is 13. The zero-order valence-corrected chi connectivity index (χ0v) is 24.9. The molecule has 0 aliphatic carbocycles. The summed E-state index contributed by atoms with van der Waals surface area (Å²) in [4.78, 5) is 2.17. The van der Waals surface area contributed by atoms with E-state index in [0.717, 1.165) is 40.2 Å². The van der Waals surface area contributed by atoms with E-state index < -0.39 is 24.9 Å². The van der Waals surface area contributed by atoms with Crippen molar-refractivity contribution in [1.82, 2.24) is 4.90 Å². The quantitative estimate of drug-likeness (QED) is 0.178. The van der Waals surface area contributed by atoms with Crippen molar-refractivity contribution in [3.05, 3.63) is 131 Å². The molecule has 6 rings (SSSR count). The van der Waals surface area contributed by atoms with Gasteiger partial charge in [0.2, 0.25) is 0 Å². The van der Waals surface area contributed by atoms with Crippen molar-refractivity contribution >= 4 is 0 Å². The van der Waals surface area contributed by atoms with Crippen LogP contribution in [0.15, 0.2) is 109 Å². The predicted molar refractivity (Wildman–Crippen MR) is 168 cm³/mol. The lowest BCUT2D eigenvalue weighted by molar-refractivity contribution is -0.205. The highest BCUT2D eigenvalue weighted by Crippen LogP contribution is 2.32. The molecule has 4 aromatic rings. The molecule has 2 aliphatic rings. The van der Waals surface area contributed by atoms with Gasteiger partial charge in [0.1, 0.15) is 32.1 Å². The van der Waals surface area contributed by atoms with E-state index in [1.54, 1.807) is 0 Å². The lowest BCUT2D eigenvalue weighted by Crippen LogP contribution is -2.64. The van der Waals surface area contributed by atoms with Crippen LogP contribution in [0.2, 0.25) is 0 Å². The van der Waals surface area contributed by atoms with E-state index in [0.29, 0.717) is 46.1 Å². The molecule has 0 bridgehead atoms. The van der Waals surface area contributed by atoms with E-state index >= 15 is 4.39 Å². The van der Waals surface area contributed by atoms with Gasteiger partial charge in [-0.15, -0.1) is 0 Å². The maximum Gasteiger partial charge on any atom is 0.161 e. The van der Waals surface area contributed by atoms with E-state index in [2.05, 4.69) is 23.1 Å². The van der Waals surface area contributed by atoms with Gasteiger partial charge in [0.25, 0.3) is 0 Å². The number of likely N-dealkylation sites (tertiary alicyclic amines) is 1. The molecule has 7 heteroatoms. The van der Waals surface area contributed by atoms with Gasteiger partial charge in [0, 0.05) is 13.1 Å². The van der Waals surface area contributed by atoms with Crippen LogP contribution in [0.1, 0.15) is 22.3 Å². The molecule has 0 amide bonds. The molecule has 0 aromatic heterocycles. The van der Waals surface area contributed by atoms with Gasteiger partial charge in [-0.05, 0) is 40.8 Å². The Bertz CT molecular complexity index is 1420. The normalized spacial score (nSPS) is 21.7. The van der Waals surface area contributed by atoms with Crippen LogP contribution >= 0.6 is 0 Å². The van der Waals surface area contributed by atoms with Gasteiger partial charge >= 0.3 is 0 Å². The predicted octanol–water partition coefficient (Wildman–Crippen LogP) is 6.41. The zero-order chi connectivity index (χ0) is 30.0. The zero-order valence-electron chi connectivity index (χ0n) is 24.9. The summed E-state index contributed by atoms with van der Waals surface area (Å²) in [7, 11) is 0. The second-order valence-corrected chi connectivity index (χ2v) is 11.3. The minimum Gasteiger partial charge on any atom is -0.486 e. The molecular weight excluding hydrogens is 557 g/mol. The Balaban J connectivity index is 1.25. The fourth-order valence-electron chi connectivity index (χ4n) is 5.93. The molecule has 0 N–H and O–H groups in total. The third-order valence-electron chi connectivity index (χ3n) is 8.28. The molecular formula is C37H40FNO5. The summed E-state index contributed by atoms with van der Waals surface area (Å²) < 4.78 is 46.4. The first-order valence-electron chi connectivity index (χ1n) is 15.4. The van der Waals surface area contributed by atoms with Crippen LogP contribution in [0.25, 0.3) is 0 Å². The molecule has 2 aliphatic heterocycles. The fraction of sp³-hybridized carbons (Fsp3) is 0.351. The first-order valence-corrected chi connectivity index (χ1v) is 15.4. The highest BCUT2D eigenvalue weighted by molar-refractivity contribution is 5.43. The van der Waals surface area contributed by atoms with Crippen LogP contribution in [0.5, 0.6) is 11.5 Å². The second-order valence-electron chi connectivity index (χ2n) is 11.3. The molecule has 0 spiro atoms. The second kappa shape index (κ2) is 15.3. The number of piperidine rings is 1. The number of alkyl halides is 1. The van der Waals surface area contributed by atoms with Crippen molar-refractivity contribution in [2.75, 3.05) is 33.0 Å². The summed E-state index contributed by atoms with van der Waals surface area (Å²) in [6.45, 7) is 2.87. The van der Waals surface area contributed by atoms with Crippen molar-refractivity contribution in [1.29, 1.82) is 0 Å². The Morgan fingerprint density at radius 2 is 1.16 bits per heavy atom. The standard InChI is InChI=1S/C37H40FNO5/c38-23-32-36(43-26-30-12-6-2-7-13-30)37(44-27-31-14-8-3-9-15-31)35(42-25-29-10-4-1-5-11-29)24-39(32)19-18-28-16-17-33-34(22-28)41-21-20-40-33/h1-17,22,32,35-37H,18-21,23-27H2. The summed E-state index contributed by atoms with van der Waals surface area (Å²) in [6, 6.07) is 35.7. The van der Waals surface area contributed by atoms with E-state index in [-0.39, 0.29) is 6.10 Å². The molecule has 4 unspecified atom stereocenters. The molecule has 0 radical (unpaired) electrons. The van der Waals surface area contributed by atoms with Crippen LogP contribution in [-0.4, -0.2) is 62.2 Å². The molecule has 2 heterocycles. The van der Waals surface area contributed by atoms with Gasteiger partial charge in [0.05, 0.1) is 32.0 Å². The van der Waals surface area contributed by atoms with Crippen molar-refractivity contribution < 1.29 is 28.1 Å². The number of nitrogens with zero attached hydrogens (tertiary/aromatic N) is 1. The Morgan fingerprint density at radius 3 is 1.75 bits per heavy atom. The largest absolute Gasteiger partial charge is 0.486 e. The van der Waals surface area contributed by atoms with Crippen LogP contribution in [-0.2, 0) is 40.5 Å². The topological polar surface area (TPSA) is 49.4 Å². The number of fused-ring (bicyclic) bond motifs is 1. The minimum absolute atomic E-state index is 0.331. The number of halogens is 1. The van der Waals surface area contributed by atoms with Gasteiger partial charge < -0.3 is 23.7 Å². The van der Waals surface area contributed by atoms with Gasteiger partial charge in [-0.25, -0.2) is 4.39 Å². The van der Waals surface area contributed by atoms with Crippen molar-refractivity contribution in [3.8, 4) is 11.5 Å². The minimum atomic E-state index is -0.558. The molecule has 230 valence electrons. The van der Waals surface area contributed by atoms with Crippen LogP contribution < -0.4 is 9.47 Å². The van der Waals surface area contributed by atoms with Crippen LogP contribution in [0.3, 0.4) is 0 Å². The number of benzene rings is 4. The summed E-state index contributed by atoms with van der Waals surface area (Å²) in [5.74, 6) is 1.53. The summed E-state index contributed by atoms with van der Waals surface area (Å²) >= 11 is 0. The number of ether oxygens (including phenoxy) is 5. The molecule has 4 aromatic carbocycles. The Kier molecular flexibility index (Phi) is 10.5. The lowest BCUT2D eigenvalue weighted by atomic mass is 9.92. The van der Waals surface area contributed by atoms with Crippen LogP contribution in [0.4, 0.5) is 4.39 Å². The number of hydrogen-bond acceptors (Lipinski definition) is 6. The lowest BCUT2D eigenvalue weighted by Gasteiger charge is -2.47. The van der Waals surface area contributed by atoms with Crippen molar-refractivity contribution in [2.24, 2.45) is 0 Å². The summed E-state index contributed by atoms with van der Waals surface area (Å²) in [6.07, 6.45) is -0.616. The molecule has 1 fully saturated rings. The highest BCUT2D eigenvalue weighted by atomic mass is 19.1. The van der Waals surface area contributed by atoms with Crippen LogP contribution in [0, 0.1) is 0 Å². The smallest absolute Gasteiger partial charge is 0.161 e. The average molecular weight is 598 g/mol. The van der Waals surface area contributed by atoms with Gasteiger partial charge in [0.15, 0.2) is 11.5 Å². The monoisotopic (exact) mass is 597 g/mol.